The highest BCUT2D eigenvalue weighted by atomic mass is 19.1. The molecule has 132 valence electrons. The van der Waals surface area contributed by atoms with Gasteiger partial charge >= 0.3 is 0 Å². The number of likely N-dealkylation sites (tertiary alicyclic amines) is 1. The third kappa shape index (κ3) is 3.84. The van der Waals surface area contributed by atoms with E-state index in [0.29, 0.717) is 11.1 Å². The number of nitrogens with zero attached hydrogens (tertiary/aromatic N) is 1. The first-order chi connectivity index (χ1) is 12.0. The van der Waals surface area contributed by atoms with E-state index in [9.17, 15) is 14.3 Å². The van der Waals surface area contributed by atoms with Gasteiger partial charge in [0.1, 0.15) is 11.6 Å². The van der Waals surface area contributed by atoms with E-state index < -0.39 is 0 Å². The van der Waals surface area contributed by atoms with Gasteiger partial charge in [-0.3, -0.25) is 4.79 Å². The maximum atomic E-state index is 13.0. The van der Waals surface area contributed by atoms with Crippen molar-refractivity contribution in [2.45, 2.75) is 51.6 Å². The molecule has 1 fully saturated rings. The van der Waals surface area contributed by atoms with E-state index in [4.69, 9.17) is 0 Å². The SMILES string of the molecule is Cc1cc(C(=O)N2[C@@H](CCc3ccc(F)cc3)CC[C@H]2C)ccc1O. The molecule has 3 nitrogen and oxygen atoms in total. The van der Waals surface area contributed by atoms with E-state index in [2.05, 4.69) is 6.92 Å². The van der Waals surface area contributed by atoms with Crippen LogP contribution in [0.15, 0.2) is 42.5 Å². The van der Waals surface area contributed by atoms with Gasteiger partial charge in [-0.2, -0.15) is 0 Å². The molecule has 0 saturated carbocycles. The van der Waals surface area contributed by atoms with Crippen LogP contribution < -0.4 is 0 Å². The van der Waals surface area contributed by atoms with Crippen LogP contribution in [0.3, 0.4) is 0 Å². The number of hydrogen-bond donors (Lipinski definition) is 1. The topological polar surface area (TPSA) is 40.5 Å². The molecule has 3 rings (SSSR count). The van der Waals surface area contributed by atoms with Gasteiger partial charge in [0.15, 0.2) is 0 Å². The molecule has 4 heteroatoms. The number of carbonyl (C=O) groups is 1. The lowest BCUT2D eigenvalue weighted by Crippen LogP contribution is -2.40. The van der Waals surface area contributed by atoms with Crippen LogP contribution in [-0.4, -0.2) is 28.0 Å². The van der Waals surface area contributed by atoms with Gasteiger partial charge in [0.05, 0.1) is 0 Å². The van der Waals surface area contributed by atoms with Crippen molar-refractivity contribution in [3.63, 3.8) is 0 Å². The molecule has 0 aromatic heterocycles. The molecule has 0 radical (unpaired) electrons. The summed E-state index contributed by atoms with van der Waals surface area (Å²) in [6.07, 6.45) is 3.69. The minimum Gasteiger partial charge on any atom is -0.508 e. The molecule has 25 heavy (non-hydrogen) atoms. The summed E-state index contributed by atoms with van der Waals surface area (Å²) in [5.74, 6) is 0.00818. The van der Waals surface area contributed by atoms with Crippen molar-refractivity contribution in [3.05, 3.63) is 65.0 Å². The lowest BCUT2D eigenvalue weighted by molar-refractivity contribution is 0.0672. The fourth-order valence-electron chi connectivity index (χ4n) is 3.64. The van der Waals surface area contributed by atoms with E-state index in [0.717, 1.165) is 31.2 Å². The highest BCUT2D eigenvalue weighted by molar-refractivity contribution is 5.95. The summed E-state index contributed by atoms with van der Waals surface area (Å²) in [7, 11) is 0. The molecule has 1 saturated heterocycles. The zero-order chi connectivity index (χ0) is 18.0. The number of aryl methyl sites for hydroxylation is 2. The fraction of sp³-hybridized carbons (Fsp3) is 0.381. The molecule has 0 unspecified atom stereocenters. The van der Waals surface area contributed by atoms with Gasteiger partial charge in [0.2, 0.25) is 0 Å². The number of halogens is 1. The van der Waals surface area contributed by atoms with E-state index >= 15 is 0 Å². The minimum absolute atomic E-state index is 0.0252. The van der Waals surface area contributed by atoms with Crippen LogP contribution in [0.5, 0.6) is 5.75 Å². The molecule has 0 bridgehead atoms. The van der Waals surface area contributed by atoms with Crippen LogP contribution in [0, 0.1) is 12.7 Å². The molecule has 0 aliphatic carbocycles. The Hall–Kier alpha value is -2.36. The van der Waals surface area contributed by atoms with Crippen molar-refractivity contribution >= 4 is 5.91 Å². The molecule has 2 aromatic rings. The molecule has 2 atom stereocenters. The van der Waals surface area contributed by atoms with Gasteiger partial charge in [-0.25, -0.2) is 4.39 Å². The molecular weight excluding hydrogens is 317 g/mol. The second-order valence-corrected chi connectivity index (χ2v) is 6.96. The summed E-state index contributed by atoms with van der Waals surface area (Å²) in [4.78, 5) is 15.0. The quantitative estimate of drug-likeness (QED) is 0.891. The smallest absolute Gasteiger partial charge is 0.254 e. The molecule has 1 heterocycles. The first-order valence-electron chi connectivity index (χ1n) is 8.82. The maximum Gasteiger partial charge on any atom is 0.254 e. The summed E-state index contributed by atoms with van der Waals surface area (Å²) >= 11 is 0. The average Bonchev–Trinajstić information content (AvgIpc) is 2.97. The Morgan fingerprint density at radius 3 is 2.60 bits per heavy atom. The Balaban J connectivity index is 1.72. The summed E-state index contributed by atoms with van der Waals surface area (Å²) < 4.78 is 13.0. The van der Waals surface area contributed by atoms with E-state index in [1.54, 1.807) is 25.1 Å². The predicted molar refractivity (Wildman–Crippen MR) is 96.2 cm³/mol. The van der Waals surface area contributed by atoms with Gasteiger partial charge in [-0.1, -0.05) is 12.1 Å². The predicted octanol–water partition coefficient (Wildman–Crippen LogP) is 4.47. The second kappa shape index (κ2) is 7.26. The molecular formula is C21H24FNO2. The lowest BCUT2D eigenvalue weighted by atomic mass is 10.0. The summed E-state index contributed by atoms with van der Waals surface area (Å²) in [6, 6.07) is 12.0. The van der Waals surface area contributed by atoms with E-state index in [1.807, 2.05) is 17.0 Å². The number of benzene rings is 2. The highest BCUT2D eigenvalue weighted by Crippen LogP contribution is 2.30. The second-order valence-electron chi connectivity index (χ2n) is 6.96. The van der Waals surface area contributed by atoms with Crippen molar-refractivity contribution in [1.29, 1.82) is 0 Å². The zero-order valence-electron chi connectivity index (χ0n) is 14.7. The third-order valence-electron chi connectivity index (χ3n) is 5.14. The molecule has 1 amide bonds. The largest absolute Gasteiger partial charge is 0.508 e. The Bertz CT molecular complexity index is 757. The fourth-order valence-corrected chi connectivity index (χ4v) is 3.64. The summed E-state index contributed by atoms with van der Waals surface area (Å²) in [6.45, 7) is 3.88. The minimum atomic E-state index is -0.224. The Morgan fingerprint density at radius 2 is 1.92 bits per heavy atom. The average molecular weight is 341 g/mol. The van der Waals surface area contributed by atoms with Crippen LogP contribution in [0.4, 0.5) is 4.39 Å². The molecule has 1 aliphatic heterocycles. The number of carbonyl (C=O) groups excluding carboxylic acids is 1. The maximum absolute atomic E-state index is 13.0. The van der Waals surface area contributed by atoms with Crippen molar-refractivity contribution in [2.24, 2.45) is 0 Å². The number of rotatable bonds is 4. The number of hydrogen-bond acceptors (Lipinski definition) is 2. The van der Waals surface area contributed by atoms with Crippen LogP contribution in [-0.2, 0) is 6.42 Å². The van der Waals surface area contributed by atoms with Crippen molar-refractivity contribution in [3.8, 4) is 5.75 Å². The molecule has 1 N–H and O–H groups in total. The highest BCUT2D eigenvalue weighted by Gasteiger charge is 2.34. The van der Waals surface area contributed by atoms with Crippen LogP contribution in [0.2, 0.25) is 0 Å². The van der Waals surface area contributed by atoms with Gasteiger partial charge in [-0.15, -0.1) is 0 Å². The van der Waals surface area contributed by atoms with Crippen LogP contribution in [0.1, 0.15) is 47.7 Å². The van der Waals surface area contributed by atoms with Gasteiger partial charge < -0.3 is 10.0 Å². The van der Waals surface area contributed by atoms with Crippen molar-refractivity contribution in [2.75, 3.05) is 0 Å². The summed E-state index contributed by atoms with van der Waals surface area (Å²) in [5.41, 5.74) is 2.42. The van der Waals surface area contributed by atoms with Gasteiger partial charge in [-0.05, 0) is 81.0 Å². The monoisotopic (exact) mass is 341 g/mol. The normalized spacial score (nSPS) is 20.0. The number of amides is 1. The van der Waals surface area contributed by atoms with Crippen LogP contribution in [0.25, 0.3) is 0 Å². The Kier molecular flexibility index (Phi) is 5.07. The summed E-state index contributed by atoms with van der Waals surface area (Å²) in [5, 5.41) is 9.67. The lowest BCUT2D eigenvalue weighted by Gasteiger charge is -2.29. The van der Waals surface area contributed by atoms with Crippen molar-refractivity contribution < 1.29 is 14.3 Å². The Morgan fingerprint density at radius 1 is 1.20 bits per heavy atom. The zero-order valence-corrected chi connectivity index (χ0v) is 14.7. The first-order valence-corrected chi connectivity index (χ1v) is 8.82. The van der Waals surface area contributed by atoms with E-state index in [-0.39, 0.29) is 29.6 Å². The third-order valence-corrected chi connectivity index (χ3v) is 5.14. The van der Waals surface area contributed by atoms with Gasteiger partial charge in [0.25, 0.3) is 5.91 Å². The van der Waals surface area contributed by atoms with Crippen molar-refractivity contribution in [1.82, 2.24) is 4.90 Å². The molecule has 2 aromatic carbocycles. The Labute approximate surface area is 148 Å². The molecule has 0 spiro atoms. The van der Waals surface area contributed by atoms with Crippen LogP contribution >= 0.6 is 0 Å². The van der Waals surface area contributed by atoms with E-state index in [1.165, 1.54) is 12.1 Å². The standard InChI is InChI=1S/C21H24FNO2/c1-14-13-17(7-12-20(14)24)21(25)23-15(2)3-10-19(23)11-6-16-4-8-18(22)9-5-16/h4-5,7-9,12-13,15,19,24H,3,6,10-11H2,1-2H3/t15-,19-/m1/s1. The molecule has 1 aliphatic rings. The number of phenolic OH excluding ortho intramolecular Hbond substituents is 1. The van der Waals surface area contributed by atoms with Gasteiger partial charge in [0, 0.05) is 17.6 Å². The number of phenols is 1. The first kappa shape index (κ1) is 17.5. The number of aromatic hydroxyl groups is 1.